The number of pyridine rings is 1. The lowest BCUT2D eigenvalue weighted by molar-refractivity contribution is 0.0523. The van der Waals surface area contributed by atoms with Crippen molar-refractivity contribution in [3.63, 3.8) is 0 Å². The molecule has 0 aliphatic rings. The number of rotatable bonds is 5. The van der Waals surface area contributed by atoms with E-state index in [1.165, 1.54) is 0 Å². The smallest absolute Gasteiger partial charge is 0.407 e. The van der Waals surface area contributed by atoms with Crippen LogP contribution >= 0.6 is 0 Å². The van der Waals surface area contributed by atoms with Gasteiger partial charge in [0.15, 0.2) is 0 Å². The molecule has 0 aliphatic carbocycles. The molecule has 2 aromatic rings. The van der Waals surface area contributed by atoms with Crippen LogP contribution in [0.25, 0.3) is 0 Å². The van der Waals surface area contributed by atoms with Crippen molar-refractivity contribution in [3.8, 4) is 0 Å². The van der Waals surface area contributed by atoms with Crippen LogP contribution < -0.4 is 16.0 Å². The molecule has 0 bridgehead atoms. The van der Waals surface area contributed by atoms with Gasteiger partial charge in [-0.2, -0.15) is 0 Å². The maximum absolute atomic E-state index is 12.0. The second-order valence-corrected chi connectivity index (χ2v) is 6.72. The third-order valence-electron chi connectivity index (χ3n) is 3.20. The van der Waals surface area contributed by atoms with E-state index in [1.807, 2.05) is 24.3 Å². The number of hydrogen-bond donors (Lipinski definition) is 3. The lowest BCUT2D eigenvalue weighted by Crippen LogP contribution is -2.32. The molecule has 0 fully saturated rings. The van der Waals surface area contributed by atoms with Crippen LogP contribution in [-0.4, -0.2) is 22.7 Å². The minimum atomic E-state index is -0.542. The van der Waals surface area contributed by atoms with Crippen molar-refractivity contribution in [1.29, 1.82) is 0 Å². The Morgan fingerprint density at radius 1 is 1.04 bits per heavy atom. The van der Waals surface area contributed by atoms with Gasteiger partial charge in [-0.15, -0.1) is 0 Å². The SMILES string of the molecule is CC(C)(C)OC(=O)NCc1cccc(NC(=O)NCc2cccnc2)c1. The van der Waals surface area contributed by atoms with Crippen LogP contribution in [0.15, 0.2) is 48.8 Å². The second kappa shape index (κ2) is 8.84. The summed E-state index contributed by atoms with van der Waals surface area (Å²) in [5.74, 6) is 0. The Bertz CT molecular complexity index is 742. The van der Waals surface area contributed by atoms with Crippen LogP contribution in [0, 0.1) is 0 Å². The summed E-state index contributed by atoms with van der Waals surface area (Å²) in [5.41, 5.74) is 1.86. The molecule has 7 nitrogen and oxygen atoms in total. The third-order valence-corrected chi connectivity index (χ3v) is 3.20. The predicted octanol–water partition coefficient (Wildman–Crippen LogP) is 3.43. The van der Waals surface area contributed by atoms with Crippen molar-refractivity contribution in [2.24, 2.45) is 0 Å². The molecule has 0 radical (unpaired) electrons. The van der Waals surface area contributed by atoms with E-state index in [0.717, 1.165) is 11.1 Å². The molecular weight excluding hydrogens is 332 g/mol. The fourth-order valence-electron chi connectivity index (χ4n) is 2.11. The number of benzene rings is 1. The summed E-state index contributed by atoms with van der Waals surface area (Å²) < 4.78 is 5.19. The van der Waals surface area contributed by atoms with Crippen LogP contribution in [0.3, 0.4) is 0 Å². The number of nitrogens with one attached hydrogen (secondary N) is 3. The molecule has 0 saturated heterocycles. The van der Waals surface area contributed by atoms with Crippen LogP contribution in [0.5, 0.6) is 0 Å². The van der Waals surface area contributed by atoms with E-state index in [-0.39, 0.29) is 6.03 Å². The van der Waals surface area contributed by atoms with Gasteiger partial charge < -0.3 is 20.7 Å². The zero-order valence-electron chi connectivity index (χ0n) is 15.2. The molecule has 3 N–H and O–H groups in total. The standard InChI is InChI=1S/C19H24N4O3/c1-19(2,3)26-18(25)22-12-14-6-4-8-16(10-14)23-17(24)21-13-15-7-5-9-20-11-15/h4-11H,12-13H2,1-3H3,(H,22,25)(H2,21,23,24). The predicted molar refractivity (Wildman–Crippen MR) is 99.6 cm³/mol. The minimum absolute atomic E-state index is 0.307. The average Bonchev–Trinajstić information content (AvgIpc) is 2.58. The molecule has 26 heavy (non-hydrogen) atoms. The molecule has 138 valence electrons. The maximum Gasteiger partial charge on any atom is 0.407 e. The van der Waals surface area contributed by atoms with Crippen molar-refractivity contribution in [3.05, 3.63) is 59.9 Å². The number of alkyl carbamates (subject to hydrolysis) is 1. The topological polar surface area (TPSA) is 92.4 Å². The number of urea groups is 1. The third kappa shape index (κ3) is 7.21. The maximum atomic E-state index is 12.0. The monoisotopic (exact) mass is 356 g/mol. The number of ether oxygens (including phenoxy) is 1. The van der Waals surface area contributed by atoms with Crippen LogP contribution in [0.1, 0.15) is 31.9 Å². The first kappa shape index (κ1) is 19.2. The first-order chi connectivity index (χ1) is 12.3. The Kier molecular flexibility index (Phi) is 6.54. The van der Waals surface area contributed by atoms with E-state index in [1.54, 1.807) is 45.3 Å². The number of hydrogen-bond acceptors (Lipinski definition) is 4. The molecule has 0 spiro atoms. The van der Waals surface area contributed by atoms with Gasteiger partial charge in [0.25, 0.3) is 0 Å². The first-order valence-corrected chi connectivity index (χ1v) is 8.31. The van der Waals surface area contributed by atoms with Gasteiger partial charge in [0.05, 0.1) is 0 Å². The Hall–Kier alpha value is -3.09. The summed E-state index contributed by atoms with van der Waals surface area (Å²) in [6.45, 7) is 6.12. The van der Waals surface area contributed by atoms with Gasteiger partial charge in [-0.25, -0.2) is 9.59 Å². The molecule has 1 aromatic carbocycles. The van der Waals surface area contributed by atoms with Gasteiger partial charge in [-0.1, -0.05) is 18.2 Å². The molecule has 1 aromatic heterocycles. The Balaban J connectivity index is 1.82. The largest absolute Gasteiger partial charge is 0.444 e. The molecule has 0 aliphatic heterocycles. The molecule has 3 amide bonds. The Morgan fingerprint density at radius 3 is 2.46 bits per heavy atom. The fraction of sp³-hybridized carbons (Fsp3) is 0.316. The number of nitrogens with zero attached hydrogens (tertiary/aromatic N) is 1. The number of anilines is 1. The quantitative estimate of drug-likeness (QED) is 0.765. The number of carbonyl (C=O) groups excluding carboxylic acids is 2. The highest BCUT2D eigenvalue weighted by Gasteiger charge is 2.15. The second-order valence-electron chi connectivity index (χ2n) is 6.72. The molecular formula is C19H24N4O3. The zero-order chi connectivity index (χ0) is 19.0. The fourth-order valence-corrected chi connectivity index (χ4v) is 2.11. The van der Waals surface area contributed by atoms with Gasteiger partial charge in [0.2, 0.25) is 0 Å². The number of aromatic nitrogens is 1. The zero-order valence-corrected chi connectivity index (χ0v) is 15.2. The van der Waals surface area contributed by atoms with Crippen molar-refractivity contribution >= 4 is 17.8 Å². The number of carbonyl (C=O) groups is 2. The Labute approximate surface area is 153 Å². The highest BCUT2D eigenvalue weighted by atomic mass is 16.6. The van der Waals surface area contributed by atoms with Gasteiger partial charge in [-0.3, -0.25) is 4.98 Å². The summed E-state index contributed by atoms with van der Waals surface area (Å²) in [6, 6.07) is 10.6. The van der Waals surface area contributed by atoms with E-state index in [2.05, 4.69) is 20.9 Å². The molecule has 0 unspecified atom stereocenters. The van der Waals surface area contributed by atoms with Gasteiger partial charge >= 0.3 is 12.1 Å². The van der Waals surface area contributed by atoms with Gasteiger partial charge in [0, 0.05) is 31.2 Å². The van der Waals surface area contributed by atoms with Crippen LogP contribution in [0.2, 0.25) is 0 Å². The van der Waals surface area contributed by atoms with Gasteiger partial charge in [-0.05, 0) is 50.1 Å². The van der Waals surface area contributed by atoms with Crippen LogP contribution in [0.4, 0.5) is 15.3 Å². The summed E-state index contributed by atoms with van der Waals surface area (Å²) in [6.07, 6.45) is 2.90. The van der Waals surface area contributed by atoms with Crippen molar-refractivity contribution in [2.45, 2.75) is 39.5 Å². The van der Waals surface area contributed by atoms with E-state index >= 15 is 0 Å². The normalized spacial score (nSPS) is 10.7. The molecule has 0 atom stereocenters. The lowest BCUT2D eigenvalue weighted by Gasteiger charge is -2.19. The summed E-state index contributed by atoms with van der Waals surface area (Å²) in [5, 5.41) is 8.21. The molecule has 7 heteroatoms. The van der Waals surface area contributed by atoms with Crippen molar-refractivity contribution in [2.75, 3.05) is 5.32 Å². The lowest BCUT2D eigenvalue weighted by atomic mass is 10.2. The highest BCUT2D eigenvalue weighted by molar-refractivity contribution is 5.89. The summed E-state index contributed by atoms with van der Waals surface area (Å²) >= 11 is 0. The highest BCUT2D eigenvalue weighted by Crippen LogP contribution is 2.11. The molecule has 2 rings (SSSR count). The van der Waals surface area contributed by atoms with Crippen molar-refractivity contribution in [1.82, 2.24) is 15.6 Å². The number of amides is 3. The van der Waals surface area contributed by atoms with E-state index in [4.69, 9.17) is 4.74 Å². The van der Waals surface area contributed by atoms with E-state index in [9.17, 15) is 9.59 Å². The van der Waals surface area contributed by atoms with Gasteiger partial charge in [0.1, 0.15) is 5.60 Å². The van der Waals surface area contributed by atoms with E-state index in [0.29, 0.717) is 18.8 Å². The summed E-state index contributed by atoms with van der Waals surface area (Å²) in [7, 11) is 0. The van der Waals surface area contributed by atoms with Crippen molar-refractivity contribution < 1.29 is 14.3 Å². The first-order valence-electron chi connectivity index (χ1n) is 8.31. The molecule has 1 heterocycles. The van der Waals surface area contributed by atoms with Crippen LogP contribution in [-0.2, 0) is 17.8 Å². The molecule has 0 saturated carbocycles. The van der Waals surface area contributed by atoms with E-state index < -0.39 is 11.7 Å². The Morgan fingerprint density at radius 2 is 1.77 bits per heavy atom. The minimum Gasteiger partial charge on any atom is -0.444 e. The summed E-state index contributed by atoms with van der Waals surface area (Å²) in [4.78, 5) is 27.7. The average molecular weight is 356 g/mol.